The summed E-state index contributed by atoms with van der Waals surface area (Å²) in [5, 5.41) is 14.0. The van der Waals surface area contributed by atoms with Crippen LogP contribution in [0, 0.1) is 17.0 Å². The van der Waals surface area contributed by atoms with Crippen molar-refractivity contribution in [3.63, 3.8) is 0 Å². The van der Waals surface area contributed by atoms with Gasteiger partial charge < -0.3 is 10.1 Å². The number of amides is 1. The van der Waals surface area contributed by atoms with E-state index in [1.807, 2.05) is 0 Å². The Hall–Kier alpha value is -3.71. The lowest BCUT2D eigenvalue weighted by Gasteiger charge is -2.10. The highest BCUT2D eigenvalue weighted by atomic mass is 35.5. The van der Waals surface area contributed by atoms with E-state index in [0.717, 1.165) is 0 Å². The molecule has 0 aliphatic carbocycles. The number of nitro benzene ring substituents is 1. The fourth-order valence-corrected chi connectivity index (χ4v) is 2.79. The van der Waals surface area contributed by atoms with Gasteiger partial charge in [-0.2, -0.15) is 0 Å². The molecular weight excluding hydrogens is 408 g/mol. The molecule has 0 unspecified atom stereocenters. The maximum Gasteiger partial charge on any atom is 0.271 e. The fourth-order valence-electron chi connectivity index (χ4n) is 2.66. The van der Waals surface area contributed by atoms with Gasteiger partial charge >= 0.3 is 0 Å². The molecule has 0 saturated carbocycles. The molecule has 0 fully saturated rings. The van der Waals surface area contributed by atoms with Crippen molar-refractivity contribution >= 4 is 34.7 Å². The number of hydrogen-bond donors (Lipinski definition) is 1. The minimum Gasteiger partial charge on any atom is -0.484 e. The van der Waals surface area contributed by atoms with Crippen molar-refractivity contribution in [1.82, 2.24) is 0 Å². The molecule has 3 aromatic rings. The molecule has 1 amide bonds. The van der Waals surface area contributed by atoms with Crippen molar-refractivity contribution in [1.29, 1.82) is 0 Å². The molecule has 3 rings (SSSR count). The van der Waals surface area contributed by atoms with E-state index in [0.29, 0.717) is 33.1 Å². The number of aryl methyl sites for hydroxylation is 1. The number of non-ortho nitro benzene ring substituents is 1. The first-order chi connectivity index (χ1) is 14.3. The predicted molar refractivity (Wildman–Crippen MR) is 113 cm³/mol. The van der Waals surface area contributed by atoms with Crippen LogP contribution < -0.4 is 10.1 Å². The zero-order chi connectivity index (χ0) is 21.7. The number of anilines is 1. The first-order valence-electron chi connectivity index (χ1n) is 8.91. The van der Waals surface area contributed by atoms with Crippen LogP contribution in [0.4, 0.5) is 11.4 Å². The number of ketones is 1. The highest BCUT2D eigenvalue weighted by molar-refractivity contribution is 6.30. The topological polar surface area (TPSA) is 98.5 Å². The molecule has 30 heavy (non-hydrogen) atoms. The highest BCUT2D eigenvalue weighted by Crippen LogP contribution is 2.22. The lowest BCUT2D eigenvalue weighted by Crippen LogP contribution is -2.20. The van der Waals surface area contributed by atoms with Crippen LogP contribution >= 0.6 is 11.6 Å². The predicted octanol–water partition coefficient (Wildman–Crippen LogP) is 4.81. The molecule has 0 spiro atoms. The second kappa shape index (κ2) is 9.19. The molecule has 0 bridgehead atoms. The standard InChI is InChI=1S/C22H17ClN2O5/c1-14-2-9-18(25(28)29)12-20(14)24-21(26)13-30-19-10-5-16(6-11-19)22(27)15-3-7-17(23)8-4-15/h2-12H,13H2,1H3,(H,24,26). The largest absolute Gasteiger partial charge is 0.484 e. The molecule has 0 radical (unpaired) electrons. The van der Waals surface area contributed by atoms with E-state index < -0.39 is 10.8 Å². The molecular formula is C22H17ClN2O5. The average Bonchev–Trinajstić information content (AvgIpc) is 2.74. The Morgan fingerprint density at radius 2 is 1.60 bits per heavy atom. The van der Waals surface area contributed by atoms with Crippen LogP contribution in [0.25, 0.3) is 0 Å². The third kappa shape index (κ3) is 5.21. The van der Waals surface area contributed by atoms with Gasteiger partial charge in [-0.15, -0.1) is 0 Å². The second-order valence-corrected chi connectivity index (χ2v) is 6.89. The SMILES string of the molecule is Cc1ccc([N+](=O)[O-])cc1NC(=O)COc1ccc(C(=O)c2ccc(Cl)cc2)cc1. The van der Waals surface area contributed by atoms with E-state index in [4.69, 9.17) is 16.3 Å². The van der Waals surface area contributed by atoms with Gasteiger partial charge in [-0.05, 0) is 61.0 Å². The van der Waals surface area contributed by atoms with Crippen molar-refractivity contribution in [3.05, 3.63) is 98.6 Å². The smallest absolute Gasteiger partial charge is 0.271 e. The van der Waals surface area contributed by atoms with Gasteiger partial charge in [0.25, 0.3) is 11.6 Å². The highest BCUT2D eigenvalue weighted by Gasteiger charge is 2.12. The number of nitro groups is 1. The normalized spacial score (nSPS) is 10.3. The van der Waals surface area contributed by atoms with Gasteiger partial charge in [-0.25, -0.2) is 0 Å². The monoisotopic (exact) mass is 424 g/mol. The third-order valence-corrected chi connectivity index (χ3v) is 4.55. The quantitative estimate of drug-likeness (QED) is 0.333. The van der Waals surface area contributed by atoms with Crippen LogP contribution in [0.2, 0.25) is 5.02 Å². The Morgan fingerprint density at radius 3 is 2.20 bits per heavy atom. The summed E-state index contributed by atoms with van der Waals surface area (Å²) >= 11 is 5.83. The van der Waals surface area contributed by atoms with Crippen molar-refractivity contribution in [2.75, 3.05) is 11.9 Å². The van der Waals surface area contributed by atoms with Crippen LogP contribution in [0.3, 0.4) is 0 Å². The maximum atomic E-state index is 12.4. The Labute approximate surface area is 177 Å². The van der Waals surface area contributed by atoms with Crippen LogP contribution in [-0.2, 0) is 4.79 Å². The number of nitrogens with zero attached hydrogens (tertiary/aromatic N) is 1. The zero-order valence-electron chi connectivity index (χ0n) is 15.9. The Bertz CT molecular complexity index is 1100. The number of nitrogens with one attached hydrogen (secondary N) is 1. The van der Waals surface area contributed by atoms with Crippen LogP contribution in [-0.4, -0.2) is 23.2 Å². The molecule has 1 N–H and O–H groups in total. The molecule has 8 heteroatoms. The van der Waals surface area contributed by atoms with Crippen molar-refractivity contribution in [2.45, 2.75) is 6.92 Å². The van der Waals surface area contributed by atoms with E-state index in [-0.39, 0.29) is 18.1 Å². The molecule has 0 aliphatic heterocycles. The summed E-state index contributed by atoms with van der Waals surface area (Å²) in [6.45, 7) is 1.45. The van der Waals surface area contributed by atoms with Gasteiger partial charge in [-0.3, -0.25) is 19.7 Å². The van der Waals surface area contributed by atoms with Gasteiger partial charge in [0, 0.05) is 28.3 Å². The van der Waals surface area contributed by atoms with E-state index in [9.17, 15) is 19.7 Å². The number of benzene rings is 3. The average molecular weight is 425 g/mol. The van der Waals surface area contributed by atoms with Crippen molar-refractivity contribution in [2.24, 2.45) is 0 Å². The van der Waals surface area contributed by atoms with Gasteiger partial charge in [0.1, 0.15) is 5.75 Å². The van der Waals surface area contributed by atoms with Crippen LogP contribution in [0.15, 0.2) is 66.7 Å². The zero-order valence-corrected chi connectivity index (χ0v) is 16.7. The summed E-state index contributed by atoms with van der Waals surface area (Å²) < 4.78 is 5.44. The number of hydrogen-bond acceptors (Lipinski definition) is 5. The van der Waals surface area contributed by atoms with Gasteiger partial charge in [0.05, 0.1) is 10.6 Å². The summed E-state index contributed by atoms with van der Waals surface area (Å²) in [6.07, 6.45) is 0. The molecule has 7 nitrogen and oxygen atoms in total. The van der Waals surface area contributed by atoms with Gasteiger partial charge in [0.15, 0.2) is 12.4 Å². The van der Waals surface area contributed by atoms with E-state index in [1.54, 1.807) is 61.5 Å². The van der Waals surface area contributed by atoms with Crippen molar-refractivity contribution in [3.8, 4) is 5.75 Å². The third-order valence-electron chi connectivity index (χ3n) is 4.30. The molecule has 152 valence electrons. The molecule has 0 saturated heterocycles. The number of carbonyl (C=O) groups is 2. The van der Waals surface area contributed by atoms with Crippen molar-refractivity contribution < 1.29 is 19.2 Å². The molecule has 3 aromatic carbocycles. The minimum absolute atomic E-state index is 0.113. The molecule has 0 heterocycles. The maximum absolute atomic E-state index is 12.4. The first kappa shape index (κ1) is 21.0. The first-order valence-corrected chi connectivity index (χ1v) is 9.29. The minimum atomic E-state index is -0.529. The second-order valence-electron chi connectivity index (χ2n) is 6.45. The van der Waals surface area contributed by atoms with E-state index in [2.05, 4.69) is 5.32 Å². The number of rotatable bonds is 7. The molecule has 0 aliphatic rings. The molecule has 0 atom stereocenters. The summed E-state index contributed by atoms with van der Waals surface area (Å²) in [4.78, 5) is 34.9. The summed E-state index contributed by atoms with van der Waals surface area (Å²) in [7, 11) is 0. The van der Waals surface area contributed by atoms with E-state index in [1.165, 1.54) is 12.1 Å². The van der Waals surface area contributed by atoms with E-state index >= 15 is 0 Å². The van der Waals surface area contributed by atoms with Gasteiger partial charge in [-0.1, -0.05) is 17.7 Å². The van der Waals surface area contributed by atoms with Crippen LogP contribution in [0.5, 0.6) is 5.75 Å². The number of carbonyl (C=O) groups excluding carboxylic acids is 2. The molecule has 0 aromatic heterocycles. The number of halogens is 1. The Morgan fingerprint density at radius 1 is 1.00 bits per heavy atom. The fraction of sp³-hybridized carbons (Fsp3) is 0.0909. The summed E-state index contributed by atoms with van der Waals surface area (Å²) in [5.41, 5.74) is 1.92. The van der Waals surface area contributed by atoms with Crippen LogP contribution in [0.1, 0.15) is 21.5 Å². The lowest BCUT2D eigenvalue weighted by molar-refractivity contribution is -0.384. The van der Waals surface area contributed by atoms with Gasteiger partial charge in [0.2, 0.25) is 0 Å². The summed E-state index contributed by atoms with van der Waals surface area (Å²) in [6, 6.07) is 17.2. The Balaban J connectivity index is 1.59. The number of ether oxygens (including phenoxy) is 1. The Kier molecular flexibility index (Phi) is 6.44. The summed E-state index contributed by atoms with van der Waals surface area (Å²) in [5.74, 6) is -0.203. The lowest BCUT2D eigenvalue weighted by atomic mass is 10.0.